The Morgan fingerprint density at radius 2 is 1.81 bits per heavy atom. The minimum atomic E-state index is -0.587. The molecular weight excluding hydrogens is 396 g/mol. The molecule has 3 rings (SSSR count). The number of esters is 1. The second kappa shape index (κ2) is 10.6. The number of amides is 2. The first-order valence-corrected chi connectivity index (χ1v) is 11.1. The van der Waals surface area contributed by atoms with Gasteiger partial charge < -0.3 is 19.7 Å². The van der Waals surface area contributed by atoms with Crippen molar-refractivity contribution in [2.75, 3.05) is 59.5 Å². The van der Waals surface area contributed by atoms with Gasteiger partial charge >= 0.3 is 12.0 Å². The molecule has 0 spiro atoms. The van der Waals surface area contributed by atoms with Crippen LogP contribution in [0.25, 0.3) is 0 Å². The Hall–Kier alpha value is -2.58. The summed E-state index contributed by atoms with van der Waals surface area (Å²) in [7, 11) is 1.60. The summed E-state index contributed by atoms with van der Waals surface area (Å²) in [6.45, 7) is 12.0. The third kappa shape index (κ3) is 5.19. The fourth-order valence-electron chi connectivity index (χ4n) is 4.20. The lowest BCUT2D eigenvalue weighted by molar-refractivity contribution is -0.139. The third-order valence-electron chi connectivity index (χ3n) is 5.96. The van der Waals surface area contributed by atoms with Crippen molar-refractivity contribution in [2.45, 2.75) is 26.8 Å². The summed E-state index contributed by atoms with van der Waals surface area (Å²) >= 11 is 0. The van der Waals surface area contributed by atoms with Crippen LogP contribution in [0, 0.1) is 0 Å². The molecule has 170 valence electrons. The van der Waals surface area contributed by atoms with E-state index in [0.29, 0.717) is 24.4 Å². The minimum Gasteiger partial charge on any atom is -0.497 e. The predicted molar refractivity (Wildman–Crippen MR) is 119 cm³/mol. The Kier molecular flexibility index (Phi) is 7.92. The van der Waals surface area contributed by atoms with E-state index in [4.69, 9.17) is 9.47 Å². The van der Waals surface area contributed by atoms with Gasteiger partial charge in [-0.25, -0.2) is 9.59 Å². The minimum absolute atomic E-state index is 0.203. The van der Waals surface area contributed by atoms with Crippen molar-refractivity contribution in [3.63, 3.8) is 0 Å². The standard InChI is InChI=1S/C23H34N4O4/c1-5-25-11-13-26(14-12-25)16-19-20(22(28)31-7-3)21(24-23(29)27(19)6-2)17-9-8-10-18(15-17)30-4/h8-10,15,21H,5-7,11-14,16H2,1-4H3,(H,24,29)/t21-/m1/s1. The normalized spacial score (nSPS) is 20.6. The van der Waals surface area contributed by atoms with Crippen LogP contribution >= 0.6 is 0 Å². The van der Waals surface area contributed by atoms with Crippen molar-refractivity contribution in [1.29, 1.82) is 0 Å². The number of nitrogens with zero attached hydrogens (tertiary/aromatic N) is 3. The third-order valence-corrected chi connectivity index (χ3v) is 5.96. The summed E-state index contributed by atoms with van der Waals surface area (Å²) in [6, 6.07) is 6.66. The van der Waals surface area contributed by atoms with E-state index in [2.05, 4.69) is 22.0 Å². The van der Waals surface area contributed by atoms with E-state index in [-0.39, 0.29) is 12.6 Å². The molecule has 2 amide bonds. The van der Waals surface area contributed by atoms with E-state index in [0.717, 1.165) is 44.0 Å². The maximum atomic E-state index is 13.1. The van der Waals surface area contributed by atoms with Crippen LogP contribution in [0.2, 0.25) is 0 Å². The lowest BCUT2D eigenvalue weighted by atomic mass is 9.94. The fourth-order valence-corrected chi connectivity index (χ4v) is 4.20. The second-order valence-electron chi connectivity index (χ2n) is 7.69. The van der Waals surface area contributed by atoms with Gasteiger partial charge in [-0.05, 0) is 38.1 Å². The number of carbonyl (C=O) groups excluding carboxylic acids is 2. The average molecular weight is 431 g/mol. The Morgan fingerprint density at radius 3 is 2.42 bits per heavy atom. The predicted octanol–water partition coefficient (Wildman–Crippen LogP) is 2.24. The zero-order valence-electron chi connectivity index (χ0n) is 19.0. The molecule has 1 N–H and O–H groups in total. The van der Waals surface area contributed by atoms with E-state index in [1.54, 1.807) is 18.9 Å². The monoisotopic (exact) mass is 430 g/mol. The Bertz CT molecular complexity index is 818. The van der Waals surface area contributed by atoms with E-state index in [9.17, 15) is 9.59 Å². The van der Waals surface area contributed by atoms with Crippen molar-refractivity contribution in [3.05, 3.63) is 41.1 Å². The fraction of sp³-hybridized carbons (Fsp3) is 0.565. The Balaban J connectivity index is 2.02. The van der Waals surface area contributed by atoms with Crippen molar-refractivity contribution < 1.29 is 19.1 Å². The van der Waals surface area contributed by atoms with Gasteiger partial charge in [0.05, 0.1) is 25.3 Å². The molecule has 0 saturated carbocycles. The van der Waals surface area contributed by atoms with Crippen molar-refractivity contribution >= 4 is 12.0 Å². The van der Waals surface area contributed by atoms with E-state index in [1.807, 2.05) is 31.2 Å². The molecule has 1 atom stereocenters. The molecule has 31 heavy (non-hydrogen) atoms. The zero-order valence-corrected chi connectivity index (χ0v) is 19.0. The molecule has 2 aliphatic rings. The molecule has 8 nitrogen and oxygen atoms in total. The highest BCUT2D eigenvalue weighted by Crippen LogP contribution is 2.33. The quantitative estimate of drug-likeness (QED) is 0.638. The van der Waals surface area contributed by atoms with Crippen molar-refractivity contribution in [3.8, 4) is 5.75 Å². The molecule has 1 aromatic rings. The number of hydrogen-bond acceptors (Lipinski definition) is 6. The summed E-state index contributed by atoms with van der Waals surface area (Å²) < 4.78 is 10.8. The van der Waals surface area contributed by atoms with Crippen LogP contribution in [0.1, 0.15) is 32.4 Å². The van der Waals surface area contributed by atoms with Crippen LogP contribution in [0.15, 0.2) is 35.5 Å². The summed E-state index contributed by atoms with van der Waals surface area (Å²) in [5.74, 6) is 0.279. The van der Waals surface area contributed by atoms with Crippen LogP contribution < -0.4 is 10.1 Å². The molecule has 0 radical (unpaired) electrons. The van der Waals surface area contributed by atoms with Gasteiger partial charge in [0.1, 0.15) is 5.75 Å². The molecule has 1 aromatic carbocycles. The maximum Gasteiger partial charge on any atom is 0.338 e. The number of nitrogens with one attached hydrogen (secondary N) is 1. The van der Waals surface area contributed by atoms with Gasteiger partial charge in [-0.1, -0.05) is 19.1 Å². The van der Waals surface area contributed by atoms with Gasteiger partial charge in [-0.2, -0.15) is 0 Å². The first-order valence-electron chi connectivity index (χ1n) is 11.1. The summed E-state index contributed by atoms with van der Waals surface area (Å²) in [5, 5.41) is 3.00. The van der Waals surface area contributed by atoms with Crippen LogP contribution in [-0.4, -0.2) is 86.2 Å². The number of carbonyl (C=O) groups is 2. The highest BCUT2D eigenvalue weighted by Gasteiger charge is 2.38. The smallest absolute Gasteiger partial charge is 0.338 e. The van der Waals surface area contributed by atoms with E-state index in [1.165, 1.54) is 0 Å². The largest absolute Gasteiger partial charge is 0.497 e. The second-order valence-corrected chi connectivity index (χ2v) is 7.69. The van der Waals surface area contributed by atoms with Gasteiger partial charge in [0.25, 0.3) is 0 Å². The summed E-state index contributed by atoms with van der Waals surface area (Å²) in [6.07, 6.45) is 0. The Morgan fingerprint density at radius 1 is 1.10 bits per heavy atom. The average Bonchev–Trinajstić information content (AvgIpc) is 2.79. The molecule has 2 heterocycles. The van der Waals surface area contributed by atoms with Crippen LogP contribution in [0.5, 0.6) is 5.75 Å². The molecule has 0 unspecified atom stereocenters. The SMILES string of the molecule is CCOC(=O)C1=C(CN2CCN(CC)CC2)N(CC)C(=O)N[C@@H]1c1cccc(OC)c1. The number of rotatable bonds is 8. The molecule has 1 fully saturated rings. The lowest BCUT2D eigenvalue weighted by Gasteiger charge is -2.40. The number of methoxy groups -OCH3 is 1. The highest BCUT2D eigenvalue weighted by atomic mass is 16.5. The van der Waals surface area contributed by atoms with E-state index < -0.39 is 12.0 Å². The summed E-state index contributed by atoms with van der Waals surface area (Å²) in [4.78, 5) is 32.5. The van der Waals surface area contributed by atoms with Gasteiger partial charge in [0.15, 0.2) is 0 Å². The van der Waals surface area contributed by atoms with Crippen molar-refractivity contribution in [1.82, 2.24) is 20.0 Å². The molecular formula is C23H34N4O4. The molecule has 2 aliphatic heterocycles. The number of benzene rings is 1. The van der Waals surface area contributed by atoms with Crippen LogP contribution in [0.3, 0.4) is 0 Å². The lowest BCUT2D eigenvalue weighted by Crippen LogP contribution is -2.53. The van der Waals surface area contributed by atoms with Crippen LogP contribution in [-0.2, 0) is 9.53 Å². The zero-order chi connectivity index (χ0) is 22.4. The van der Waals surface area contributed by atoms with E-state index >= 15 is 0 Å². The van der Waals surface area contributed by atoms with Gasteiger partial charge in [0, 0.05) is 45.0 Å². The molecule has 0 aromatic heterocycles. The number of ether oxygens (including phenoxy) is 2. The van der Waals surface area contributed by atoms with Gasteiger partial charge in [-0.15, -0.1) is 0 Å². The first kappa shape index (κ1) is 23.1. The summed E-state index contributed by atoms with van der Waals surface area (Å²) in [5.41, 5.74) is 2.01. The number of hydrogen-bond donors (Lipinski definition) is 1. The van der Waals surface area contributed by atoms with Crippen molar-refractivity contribution in [2.24, 2.45) is 0 Å². The molecule has 0 aliphatic carbocycles. The number of likely N-dealkylation sites (N-methyl/N-ethyl adjacent to an activating group) is 2. The molecule has 8 heteroatoms. The topological polar surface area (TPSA) is 74.4 Å². The molecule has 0 bridgehead atoms. The van der Waals surface area contributed by atoms with Gasteiger partial charge in [-0.3, -0.25) is 9.80 Å². The number of piperazine rings is 1. The van der Waals surface area contributed by atoms with Crippen LogP contribution in [0.4, 0.5) is 4.79 Å². The Labute approximate surface area is 184 Å². The van der Waals surface area contributed by atoms with Gasteiger partial charge in [0.2, 0.25) is 0 Å². The maximum absolute atomic E-state index is 13.1. The number of urea groups is 1. The molecule has 1 saturated heterocycles. The highest BCUT2D eigenvalue weighted by molar-refractivity contribution is 5.95. The first-order chi connectivity index (χ1) is 15.0.